The number of nitrogens with one attached hydrogen (secondary N) is 1. The number of nitro groups is 1. The second kappa shape index (κ2) is 3.83. The first-order valence-electron chi connectivity index (χ1n) is 5.44. The van der Waals surface area contributed by atoms with Gasteiger partial charge in [0.2, 0.25) is 11.8 Å². The van der Waals surface area contributed by atoms with Gasteiger partial charge in [-0.25, -0.2) is 4.98 Å². The van der Waals surface area contributed by atoms with E-state index >= 15 is 0 Å². The Morgan fingerprint density at radius 1 is 1.53 bits per heavy atom. The first kappa shape index (κ1) is 11.6. The van der Waals surface area contributed by atoms with Gasteiger partial charge in [-0.05, 0) is 25.2 Å². The van der Waals surface area contributed by atoms with E-state index in [4.69, 9.17) is 5.73 Å². The van der Waals surface area contributed by atoms with Gasteiger partial charge < -0.3 is 11.1 Å². The van der Waals surface area contributed by atoms with Crippen LogP contribution in [0.1, 0.15) is 25.5 Å². The lowest BCUT2D eigenvalue weighted by Crippen LogP contribution is -2.15. The van der Waals surface area contributed by atoms with E-state index in [1.165, 1.54) is 0 Å². The minimum Gasteiger partial charge on any atom is -0.368 e. The third-order valence-electron chi connectivity index (χ3n) is 3.04. The van der Waals surface area contributed by atoms with Crippen LogP contribution in [0.4, 0.5) is 17.5 Å². The Labute approximate surface area is 98.6 Å². The van der Waals surface area contributed by atoms with Gasteiger partial charge >= 0.3 is 5.69 Å². The van der Waals surface area contributed by atoms with Crippen molar-refractivity contribution in [1.29, 1.82) is 0 Å². The molecular weight excluding hydrogens is 222 g/mol. The smallest absolute Gasteiger partial charge is 0.332 e. The Morgan fingerprint density at radius 3 is 2.71 bits per heavy atom. The van der Waals surface area contributed by atoms with Crippen molar-refractivity contribution in [3.8, 4) is 0 Å². The maximum absolute atomic E-state index is 10.9. The molecule has 1 aromatic rings. The summed E-state index contributed by atoms with van der Waals surface area (Å²) >= 11 is 0. The Kier molecular flexibility index (Phi) is 2.60. The monoisotopic (exact) mass is 237 g/mol. The van der Waals surface area contributed by atoms with Gasteiger partial charge in [0, 0.05) is 6.54 Å². The average Bonchev–Trinajstić information content (AvgIpc) is 2.92. The fourth-order valence-electron chi connectivity index (χ4n) is 1.62. The van der Waals surface area contributed by atoms with E-state index in [0.717, 1.165) is 12.8 Å². The lowest BCUT2D eigenvalue weighted by molar-refractivity contribution is -0.385. The molecule has 17 heavy (non-hydrogen) atoms. The molecule has 0 amide bonds. The number of rotatable bonds is 4. The molecule has 1 aliphatic carbocycles. The molecule has 1 aliphatic rings. The molecule has 0 bridgehead atoms. The van der Waals surface area contributed by atoms with Crippen LogP contribution in [0.15, 0.2) is 0 Å². The third kappa shape index (κ3) is 2.43. The predicted octanol–water partition coefficient (Wildman–Crippen LogP) is 1.49. The van der Waals surface area contributed by atoms with Crippen LogP contribution in [0.3, 0.4) is 0 Å². The summed E-state index contributed by atoms with van der Waals surface area (Å²) in [6.07, 6.45) is 2.26. The van der Waals surface area contributed by atoms with Crippen LogP contribution in [0.5, 0.6) is 0 Å². The van der Waals surface area contributed by atoms with Gasteiger partial charge in [-0.1, -0.05) is 6.92 Å². The molecule has 92 valence electrons. The van der Waals surface area contributed by atoms with E-state index in [0.29, 0.717) is 6.54 Å². The highest BCUT2D eigenvalue weighted by Gasteiger charge is 2.37. The zero-order chi connectivity index (χ0) is 12.6. The van der Waals surface area contributed by atoms with Crippen LogP contribution in [-0.4, -0.2) is 21.4 Å². The molecule has 0 unspecified atom stereocenters. The molecule has 0 radical (unpaired) electrons. The summed E-state index contributed by atoms with van der Waals surface area (Å²) in [5.74, 6) is 0.268. The van der Waals surface area contributed by atoms with Gasteiger partial charge in [-0.2, -0.15) is 4.98 Å². The minimum absolute atomic E-state index is 0.0524. The van der Waals surface area contributed by atoms with Gasteiger partial charge in [0.15, 0.2) is 0 Å². The zero-order valence-electron chi connectivity index (χ0n) is 9.86. The van der Waals surface area contributed by atoms with Gasteiger partial charge in [0.25, 0.3) is 0 Å². The molecule has 7 heteroatoms. The summed E-state index contributed by atoms with van der Waals surface area (Å²) in [6, 6.07) is 0. The number of aromatic nitrogens is 2. The Balaban J connectivity index is 2.26. The number of anilines is 2. The molecule has 0 aliphatic heterocycles. The quantitative estimate of drug-likeness (QED) is 0.606. The van der Waals surface area contributed by atoms with Gasteiger partial charge in [-0.15, -0.1) is 0 Å². The Hall–Kier alpha value is -1.92. The van der Waals surface area contributed by atoms with E-state index in [1.54, 1.807) is 6.92 Å². The summed E-state index contributed by atoms with van der Waals surface area (Å²) < 4.78 is 0. The van der Waals surface area contributed by atoms with Crippen molar-refractivity contribution in [3.63, 3.8) is 0 Å². The normalized spacial score (nSPS) is 16.6. The van der Waals surface area contributed by atoms with Crippen molar-refractivity contribution in [2.24, 2.45) is 5.41 Å². The lowest BCUT2D eigenvalue weighted by atomic mass is 10.1. The maximum atomic E-state index is 10.9. The molecule has 0 atom stereocenters. The van der Waals surface area contributed by atoms with Crippen molar-refractivity contribution >= 4 is 17.5 Å². The first-order valence-corrected chi connectivity index (χ1v) is 5.44. The van der Waals surface area contributed by atoms with E-state index in [-0.39, 0.29) is 28.6 Å². The standard InChI is InChI=1S/C10H15N5O2/c1-6-7(15(16)17)8(14-9(11)13-6)12-5-10(2)3-4-10/h3-5H2,1-2H3,(H3,11,12,13,14). The number of aryl methyl sites for hydroxylation is 1. The van der Waals surface area contributed by atoms with Gasteiger partial charge in [0.1, 0.15) is 5.69 Å². The van der Waals surface area contributed by atoms with E-state index < -0.39 is 4.92 Å². The van der Waals surface area contributed by atoms with Crippen molar-refractivity contribution in [2.45, 2.75) is 26.7 Å². The molecule has 1 aromatic heterocycles. The lowest BCUT2D eigenvalue weighted by Gasteiger charge is -2.11. The number of hydrogen-bond acceptors (Lipinski definition) is 6. The largest absolute Gasteiger partial charge is 0.368 e. The van der Waals surface area contributed by atoms with E-state index in [2.05, 4.69) is 22.2 Å². The number of nitrogens with zero attached hydrogens (tertiary/aromatic N) is 3. The highest BCUT2D eigenvalue weighted by Crippen LogP contribution is 2.45. The second-order valence-electron chi connectivity index (χ2n) is 4.79. The van der Waals surface area contributed by atoms with Gasteiger partial charge in [0.05, 0.1) is 4.92 Å². The average molecular weight is 237 g/mol. The first-order chi connectivity index (χ1) is 7.91. The highest BCUT2D eigenvalue weighted by atomic mass is 16.6. The topological polar surface area (TPSA) is 107 Å². The number of hydrogen-bond donors (Lipinski definition) is 2. The Bertz CT molecular complexity index is 470. The molecule has 1 saturated carbocycles. The van der Waals surface area contributed by atoms with Crippen LogP contribution < -0.4 is 11.1 Å². The van der Waals surface area contributed by atoms with Crippen LogP contribution in [0, 0.1) is 22.5 Å². The molecule has 1 fully saturated rings. The van der Waals surface area contributed by atoms with E-state index in [1.807, 2.05) is 0 Å². The zero-order valence-corrected chi connectivity index (χ0v) is 9.86. The SMILES string of the molecule is Cc1nc(N)nc(NCC2(C)CC2)c1[N+](=O)[O-]. The number of nitrogen functional groups attached to an aromatic ring is 1. The minimum atomic E-state index is -0.480. The fourth-order valence-corrected chi connectivity index (χ4v) is 1.62. The predicted molar refractivity (Wildman–Crippen MR) is 63.7 cm³/mol. The van der Waals surface area contributed by atoms with Crippen molar-refractivity contribution in [1.82, 2.24) is 9.97 Å². The van der Waals surface area contributed by atoms with Crippen LogP contribution in [0.25, 0.3) is 0 Å². The molecule has 0 spiro atoms. The molecular formula is C10H15N5O2. The van der Waals surface area contributed by atoms with Crippen molar-refractivity contribution in [2.75, 3.05) is 17.6 Å². The second-order valence-corrected chi connectivity index (χ2v) is 4.79. The van der Waals surface area contributed by atoms with Gasteiger partial charge in [-0.3, -0.25) is 10.1 Å². The summed E-state index contributed by atoms with van der Waals surface area (Å²) in [6.45, 7) is 4.35. The van der Waals surface area contributed by atoms with Crippen molar-refractivity contribution in [3.05, 3.63) is 15.8 Å². The molecule has 3 N–H and O–H groups in total. The summed E-state index contributed by atoms with van der Waals surface area (Å²) in [5.41, 5.74) is 5.93. The molecule has 0 aromatic carbocycles. The number of nitrogens with two attached hydrogens (primary N) is 1. The molecule has 7 nitrogen and oxygen atoms in total. The Morgan fingerprint density at radius 2 is 2.18 bits per heavy atom. The molecule has 0 saturated heterocycles. The van der Waals surface area contributed by atoms with Crippen LogP contribution in [-0.2, 0) is 0 Å². The van der Waals surface area contributed by atoms with E-state index in [9.17, 15) is 10.1 Å². The maximum Gasteiger partial charge on any atom is 0.332 e. The summed E-state index contributed by atoms with van der Waals surface area (Å²) in [4.78, 5) is 18.2. The molecule has 2 rings (SSSR count). The highest BCUT2D eigenvalue weighted by molar-refractivity contribution is 5.60. The third-order valence-corrected chi connectivity index (χ3v) is 3.04. The summed E-state index contributed by atoms with van der Waals surface area (Å²) in [5, 5.41) is 13.9. The molecule has 1 heterocycles. The van der Waals surface area contributed by atoms with Crippen LogP contribution >= 0.6 is 0 Å². The van der Waals surface area contributed by atoms with Crippen molar-refractivity contribution < 1.29 is 4.92 Å². The fraction of sp³-hybridized carbons (Fsp3) is 0.600. The van der Waals surface area contributed by atoms with Crippen LogP contribution in [0.2, 0.25) is 0 Å². The summed E-state index contributed by atoms with van der Waals surface area (Å²) in [7, 11) is 0.